The second-order valence-corrected chi connectivity index (χ2v) is 4.50. The Morgan fingerprint density at radius 2 is 1.94 bits per heavy atom. The van der Waals surface area contributed by atoms with Crippen molar-refractivity contribution in [3.63, 3.8) is 0 Å². The van der Waals surface area contributed by atoms with Gasteiger partial charge < -0.3 is 14.8 Å². The molecule has 0 fully saturated rings. The van der Waals surface area contributed by atoms with E-state index in [0.29, 0.717) is 0 Å². The normalized spacial score (nSPS) is 14.3. The Kier molecular flexibility index (Phi) is 4.56. The highest BCUT2D eigenvalue weighted by atomic mass is 16.3. The molecule has 0 saturated carbocycles. The fraction of sp³-hybridized carbons (Fsp3) is 0.333. The first kappa shape index (κ1) is 12.9. The molecule has 2 atom stereocenters. The predicted octanol–water partition coefficient (Wildman–Crippen LogP) is 2.53. The summed E-state index contributed by atoms with van der Waals surface area (Å²) in [4.78, 5) is 0. The van der Waals surface area contributed by atoms with Gasteiger partial charge in [-0.2, -0.15) is 0 Å². The molecule has 0 radical (unpaired) electrons. The monoisotopic (exact) mass is 245 g/mol. The topological polar surface area (TPSA) is 45.4 Å². The van der Waals surface area contributed by atoms with E-state index in [0.717, 1.165) is 17.7 Å². The van der Waals surface area contributed by atoms with E-state index in [-0.39, 0.29) is 18.7 Å². The van der Waals surface area contributed by atoms with Crippen LogP contribution in [0.5, 0.6) is 0 Å². The number of furan rings is 1. The Morgan fingerprint density at radius 1 is 1.17 bits per heavy atom. The van der Waals surface area contributed by atoms with Crippen LogP contribution in [-0.2, 0) is 6.42 Å². The van der Waals surface area contributed by atoms with E-state index in [1.807, 2.05) is 42.5 Å². The molecule has 2 aromatic rings. The van der Waals surface area contributed by atoms with Crippen molar-refractivity contribution < 1.29 is 9.52 Å². The standard InChI is InChI=1S/C15H19NO2/c1-12(10-14-8-5-9-18-14)16-15(11-17)13-6-3-2-4-7-13/h2-9,12,15-17H,10-11H2,1H3/t12?,15-/m1/s1. The summed E-state index contributed by atoms with van der Waals surface area (Å²) in [6.07, 6.45) is 2.50. The summed E-state index contributed by atoms with van der Waals surface area (Å²) in [6.45, 7) is 2.18. The third-order valence-electron chi connectivity index (χ3n) is 2.96. The minimum atomic E-state index is -0.0313. The molecule has 1 unspecified atom stereocenters. The zero-order valence-corrected chi connectivity index (χ0v) is 10.5. The molecule has 1 aromatic carbocycles. The quantitative estimate of drug-likeness (QED) is 0.822. The minimum Gasteiger partial charge on any atom is -0.469 e. The molecular formula is C15H19NO2. The van der Waals surface area contributed by atoms with Crippen molar-refractivity contribution in [3.05, 3.63) is 60.1 Å². The molecule has 1 heterocycles. The van der Waals surface area contributed by atoms with Crippen molar-refractivity contribution in [1.82, 2.24) is 5.32 Å². The second kappa shape index (κ2) is 6.38. The number of benzene rings is 1. The van der Waals surface area contributed by atoms with Gasteiger partial charge >= 0.3 is 0 Å². The largest absolute Gasteiger partial charge is 0.469 e. The van der Waals surface area contributed by atoms with Crippen LogP contribution in [0.2, 0.25) is 0 Å². The lowest BCUT2D eigenvalue weighted by Gasteiger charge is -2.21. The first-order valence-electron chi connectivity index (χ1n) is 6.24. The summed E-state index contributed by atoms with van der Waals surface area (Å²) in [5, 5.41) is 12.9. The molecule has 0 bridgehead atoms. The molecule has 0 aliphatic heterocycles. The van der Waals surface area contributed by atoms with Crippen LogP contribution in [0.3, 0.4) is 0 Å². The lowest BCUT2D eigenvalue weighted by Crippen LogP contribution is -2.34. The predicted molar refractivity (Wildman–Crippen MR) is 71.3 cm³/mol. The van der Waals surface area contributed by atoms with Gasteiger partial charge in [0.05, 0.1) is 18.9 Å². The molecule has 18 heavy (non-hydrogen) atoms. The highest BCUT2D eigenvalue weighted by Crippen LogP contribution is 2.14. The van der Waals surface area contributed by atoms with Crippen LogP contribution in [0.25, 0.3) is 0 Å². The van der Waals surface area contributed by atoms with E-state index in [4.69, 9.17) is 4.42 Å². The van der Waals surface area contributed by atoms with E-state index < -0.39 is 0 Å². The van der Waals surface area contributed by atoms with Crippen LogP contribution in [0.4, 0.5) is 0 Å². The van der Waals surface area contributed by atoms with Gasteiger partial charge in [0.25, 0.3) is 0 Å². The van der Waals surface area contributed by atoms with Gasteiger partial charge in [-0.05, 0) is 24.6 Å². The summed E-state index contributed by atoms with van der Waals surface area (Å²) in [7, 11) is 0. The Hall–Kier alpha value is -1.58. The third kappa shape index (κ3) is 3.45. The highest BCUT2D eigenvalue weighted by molar-refractivity contribution is 5.19. The van der Waals surface area contributed by atoms with Crippen LogP contribution < -0.4 is 5.32 Å². The van der Waals surface area contributed by atoms with Crippen LogP contribution in [0.1, 0.15) is 24.3 Å². The Morgan fingerprint density at radius 3 is 2.56 bits per heavy atom. The number of rotatable bonds is 6. The van der Waals surface area contributed by atoms with Gasteiger partial charge in [0.2, 0.25) is 0 Å². The van der Waals surface area contributed by atoms with Crippen LogP contribution in [0, 0.1) is 0 Å². The zero-order chi connectivity index (χ0) is 12.8. The number of hydrogen-bond donors (Lipinski definition) is 2. The molecule has 0 spiro atoms. The molecule has 2 rings (SSSR count). The average Bonchev–Trinajstić information content (AvgIpc) is 2.90. The third-order valence-corrected chi connectivity index (χ3v) is 2.96. The fourth-order valence-electron chi connectivity index (χ4n) is 2.07. The van der Waals surface area contributed by atoms with E-state index in [2.05, 4.69) is 12.2 Å². The van der Waals surface area contributed by atoms with Gasteiger partial charge in [-0.25, -0.2) is 0 Å². The van der Waals surface area contributed by atoms with Crippen molar-refractivity contribution >= 4 is 0 Å². The Bertz CT molecular complexity index is 439. The molecule has 96 valence electrons. The Labute approximate surface area is 107 Å². The zero-order valence-electron chi connectivity index (χ0n) is 10.5. The maximum absolute atomic E-state index is 9.47. The van der Waals surface area contributed by atoms with Crippen molar-refractivity contribution in [1.29, 1.82) is 0 Å². The summed E-state index contributed by atoms with van der Waals surface area (Å²) in [5.41, 5.74) is 1.10. The number of hydrogen-bond acceptors (Lipinski definition) is 3. The molecule has 0 saturated heterocycles. The lowest BCUT2D eigenvalue weighted by atomic mass is 10.1. The minimum absolute atomic E-state index is 0.0313. The van der Waals surface area contributed by atoms with Crippen LogP contribution >= 0.6 is 0 Å². The molecule has 3 nitrogen and oxygen atoms in total. The van der Waals surface area contributed by atoms with Crippen molar-refractivity contribution in [2.75, 3.05) is 6.61 Å². The smallest absolute Gasteiger partial charge is 0.105 e. The lowest BCUT2D eigenvalue weighted by molar-refractivity contribution is 0.233. The molecule has 2 N–H and O–H groups in total. The molecule has 3 heteroatoms. The van der Waals surface area contributed by atoms with Gasteiger partial charge in [0.15, 0.2) is 0 Å². The van der Waals surface area contributed by atoms with Crippen molar-refractivity contribution in [2.45, 2.75) is 25.4 Å². The van der Waals surface area contributed by atoms with E-state index in [1.54, 1.807) is 6.26 Å². The SMILES string of the molecule is CC(Cc1ccco1)N[C@H](CO)c1ccccc1. The molecule has 0 amide bonds. The summed E-state index contributed by atoms with van der Waals surface area (Å²) in [6, 6.07) is 14.1. The van der Waals surface area contributed by atoms with Gasteiger partial charge in [0.1, 0.15) is 5.76 Å². The summed E-state index contributed by atoms with van der Waals surface area (Å²) < 4.78 is 5.32. The maximum atomic E-state index is 9.47. The van der Waals surface area contributed by atoms with Gasteiger partial charge in [-0.15, -0.1) is 0 Å². The molecule has 1 aromatic heterocycles. The second-order valence-electron chi connectivity index (χ2n) is 4.50. The highest BCUT2D eigenvalue weighted by Gasteiger charge is 2.14. The van der Waals surface area contributed by atoms with Gasteiger partial charge in [-0.1, -0.05) is 30.3 Å². The van der Waals surface area contributed by atoms with E-state index >= 15 is 0 Å². The molecule has 0 aliphatic rings. The number of aliphatic hydroxyl groups excluding tert-OH is 1. The van der Waals surface area contributed by atoms with Crippen LogP contribution in [-0.4, -0.2) is 17.8 Å². The average molecular weight is 245 g/mol. The van der Waals surface area contributed by atoms with E-state index in [1.165, 1.54) is 0 Å². The van der Waals surface area contributed by atoms with Crippen molar-refractivity contribution in [3.8, 4) is 0 Å². The van der Waals surface area contributed by atoms with Crippen LogP contribution in [0.15, 0.2) is 53.1 Å². The summed E-state index contributed by atoms with van der Waals surface area (Å²) in [5.74, 6) is 0.958. The Balaban J connectivity index is 1.94. The number of aliphatic hydroxyl groups is 1. The van der Waals surface area contributed by atoms with Crippen molar-refractivity contribution in [2.24, 2.45) is 0 Å². The first-order valence-corrected chi connectivity index (χ1v) is 6.24. The van der Waals surface area contributed by atoms with E-state index in [9.17, 15) is 5.11 Å². The van der Waals surface area contributed by atoms with Gasteiger partial charge in [-0.3, -0.25) is 0 Å². The maximum Gasteiger partial charge on any atom is 0.105 e. The summed E-state index contributed by atoms with van der Waals surface area (Å²) >= 11 is 0. The molecular weight excluding hydrogens is 226 g/mol. The fourth-order valence-corrected chi connectivity index (χ4v) is 2.07. The molecule has 0 aliphatic carbocycles. The number of nitrogens with one attached hydrogen (secondary N) is 1. The first-order chi connectivity index (χ1) is 8.79. The van der Waals surface area contributed by atoms with Gasteiger partial charge in [0, 0.05) is 12.5 Å².